The van der Waals surface area contributed by atoms with Crippen LogP contribution in [0.1, 0.15) is 49.3 Å². The number of anilines is 1. The largest absolute Gasteiger partial charge is 0.387 e. The number of carbonyl (C=O) groups excluding carboxylic acids is 1. The molecule has 2 aromatic carbocycles. The van der Waals surface area contributed by atoms with Crippen molar-refractivity contribution in [1.82, 2.24) is 4.90 Å². The van der Waals surface area contributed by atoms with Gasteiger partial charge in [-0.25, -0.2) is 4.99 Å². The van der Waals surface area contributed by atoms with Gasteiger partial charge in [-0.05, 0) is 49.0 Å². The van der Waals surface area contributed by atoms with Crippen LogP contribution in [-0.4, -0.2) is 35.6 Å². The molecule has 1 saturated carbocycles. The molecule has 0 aromatic heterocycles. The minimum Gasteiger partial charge on any atom is -0.387 e. The van der Waals surface area contributed by atoms with Gasteiger partial charge in [0.05, 0.1) is 12.2 Å². The monoisotopic (exact) mass is 427 g/mol. The fraction of sp³-hybridized carbons (Fsp3) is 0.346. The summed E-state index contributed by atoms with van der Waals surface area (Å²) in [4.78, 5) is 24.6. The molecule has 1 amide bonds. The van der Waals surface area contributed by atoms with E-state index in [9.17, 15) is 4.79 Å². The Morgan fingerprint density at radius 2 is 2.06 bits per heavy atom. The van der Waals surface area contributed by atoms with Gasteiger partial charge in [-0.2, -0.15) is 0 Å². The summed E-state index contributed by atoms with van der Waals surface area (Å²) in [6.07, 6.45) is 5.74. The van der Waals surface area contributed by atoms with Gasteiger partial charge < -0.3 is 16.0 Å². The van der Waals surface area contributed by atoms with Gasteiger partial charge >= 0.3 is 0 Å². The smallest absolute Gasteiger partial charge is 0.250 e. The first-order valence-corrected chi connectivity index (χ1v) is 11.5. The Kier molecular flexibility index (Phi) is 5.52. The van der Waals surface area contributed by atoms with Crippen LogP contribution in [-0.2, 0) is 11.3 Å². The molecule has 1 fully saturated rings. The lowest BCUT2D eigenvalue weighted by atomic mass is 10.0. The SMILES string of the molecule is CCCN(CC1CC1)C(=O)C1=Cc2ccc(C3=NCc4ccccc4N3)cc2N=C(N)C1. The highest BCUT2D eigenvalue weighted by atomic mass is 16.2. The van der Waals surface area contributed by atoms with Crippen LogP contribution in [0, 0.1) is 5.92 Å². The van der Waals surface area contributed by atoms with E-state index < -0.39 is 0 Å². The number of nitrogens with zero attached hydrogens (tertiary/aromatic N) is 3. The molecule has 0 unspecified atom stereocenters. The molecular formula is C26H29N5O. The molecule has 2 aromatic rings. The fourth-order valence-electron chi connectivity index (χ4n) is 4.31. The van der Waals surface area contributed by atoms with E-state index in [4.69, 9.17) is 10.7 Å². The van der Waals surface area contributed by atoms with Gasteiger partial charge in [0.2, 0.25) is 5.91 Å². The zero-order chi connectivity index (χ0) is 22.1. The van der Waals surface area contributed by atoms with E-state index in [1.54, 1.807) is 0 Å². The number of para-hydroxylation sites is 1. The van der Waals surface area contributed by atoms with Crippen molar-refractivity contribution in [3.05, 3.63) is 64.7 Å². The van der Waals surface area contributed by atoms with Gasteiger partial charge in [-0.3, -0.25) is 9.79 Å². The molecule has 5 rings (SSSR count). The second-order valence-electron chi connectivity index (χ2n) is 8.86. The summed E-state index contributed by atoms with van der Waals surface area (Å²) < 4.78 is 0. The van der Waals surface area contributed by atoms with E-state index >= 15 is 0 Å². The predicted molar refractivity (Wildman–Crippen MR) is 130 cm³/mol. The number of hydrogen-bond donors (Lipinski definition) is 2. The maximum absolute atomic E-state index is 13.3. The van der Waals surface area contributed by atoms with Crippen LogP contribution in [0.2, 0.25) is 0 Å². The standard InChI is InChI=1S/C26H29N5O/c1-2-11-31(16-17-7-8-17)26(32)21-12-18-9-10-19(13-23(18)29-24(27)14-21)25-28-15-20-5-3-4-6-22(20)30-25/h3-6,9-10,12-13,17H,2,7-8,11,14-16H2,1H3,(H2,27,29)(H,28,30). The van der Waals surface area contributed by atoms with E-state index in [-0.39, 0.29) is 5.91 Å². The van der Waals surface area contributed by atoms with Crippen LogP contribution in [0.3, 0.4) is 0 Å². The van der Waals surface area contributed by atoms with Gasteiger partial charge in [0, 0.05) is 41.9 Å². The Balaban J connectivity index is 1.42. The summed E-state index contributed by atoms with van der Waals surface area (Å²) in [5.74, 6) is 2.03. The molecule has 164 valence electrons. The number of amides is 1. The molecule has 0 radical (unpaired) electrons. The van der Waals surface area contributed by atoms with Crippen molar-refractivity contribution in [3.8, 4) is 0 Å². The summed E-state index contributed by atoms with van der Waals surface area (Å²) in [6, 6.07) is 14.2. The lowest BCUT2D eigenvalue weighted by molar-refractivity contribution is -0.127. The van der Waals surface area contributed by atoms with Crippen LogP contribution >= 0.6 is 0 Å². The molecule has 6 heteroatoms. The van der Waals surface area contributed by atoms with Crippen molar-refractivity contribution >= 4 is 35.0 Å². The van der Waals surface area contributed by atoms with E-state index in [2.05, 4.69) is 29.4 Å². The molecule has 3 N–H and O–H groups in total. The maximum Gasteiger partial charge on any atom is 0.250 e. The maximum atomic E-state index is 13.3. The number of nitrogens with two attached hydrogens (primary N) is 1. The number of aliphatic imine (C=N–C) groups is 2. The Morgan fingerprint density at radius 3 is 2.88 bits per heavy atom. The minimum atomic E-state index is 0.0868. The van der Waals surface area contributed by atoms with Gasteiger partial charge in [0.15, 0.2) is 0 Å². The zero-order valence-electron chi connectivity index (χ0n) is 18.5. The summed E-state index contributed by atoms with van der Waals surface area (Å²) in [5.41, 5.74) is 11.9. The van der Waals surface area contributed by atoms with Crippen LogP contribution in [0.25, 0.3) is 6.08 Å². The quantitative estimate of drug-likeness (QED) is 0.713. The van der Waals surface area contributed by atoms with Gasteiger partial charge in [-0.1, -0.05) is 37.3 Å². The molecule has 3 aliphatic rings. The average molecular weight is 428 g/mol. The lowest BCUT2D eigenvalue weighted by Gasteiger charge is -2.23. The van der Waals surface area contributed by atoms with Crippen molar-refractivity contribution in [2.45, 2.75) is 39.2 Å². The first-order chi connectivity index (χ1) is 15.6. The number of amidine groups is 2. The molecule has 32 heavy (non-hydrogen) atoms. The number of hydrogen-bond acceptors (Lipinski definition) is 5. The van der Waals surface area contributed by atoms with Crippen LogP contribution in [0.15, 0.2) is 58.0 Å². The molecule has 0 spiro atoms. The van der Waals surface area contributed by atoms with E-state index in [1.165, 1.54) is 18.4 Å². The zero-order valence-corrected chi connectivity index (χ0v) is 18.5. The summed E-state index contributed by atoms with van der Waals surface area (Å²) in [7, 11) is 0. The summed E-state index contributed by atoms with van der Waals surface area (Å²) >= 11 is 0. The number of carbonyl (C=O) groups is 1. The molecule has 0 bridgehead atoms. The lowest BCUT2D eigenvalue weighted by Crippen LogP contribution is -2.35. The van der Waals surface area contributed by atoms with Gasteiger partial charge in [0.1, 0.15) is 11.7 Å². The highest BCUT2D eigenvalue weighted by Crippen LogP contribution is 2.32. The average Bonchev–Trinajstić information content (AvgIpc) is 3.64. The molecule has 0 saturated heterocycles. The number of benzene rings is 2. The van der Waals surface area contributed by atoms with Gasteiger partial charge in [0.25, 0.3) is 0 Å². The summed E-state index contributed by atoms with van der Waals surface area (Å²) in [5, 5.41) is 3.42. The third kappa shape index (κ3) is 4.31. The minimum absolute atomic E-state index is 0.0868. The van der Waals surface area contributed by atoms with Crippen molar-refractivity contribution in [1.29, 1.82) is 0 Å². The normalized spacial score (nSPS) is 17.1. The Labute approximate surface area is 188 Å². The Bertz CT molecular complexity index is 1140. The number of rotatable bonds is 6. The van der Waals surface area contributed by atoms with E-state index in [0.29, 0.717) is 30.3 Å². The van der Waals surface area contributed by atoms with Gasteiger partial charge in [-0.15, -0.1) is 0 Å². The molecule has 2 aliphatic heterocycles. The number of fused-ring (bicyclic) bond motifs is 2. The van der Waals surface area contributed by atoms with E-state index in [1.807, 2.05) is 41.3 Å². The molecule has 6 nitrogen and oxygen atoms in total. The molecule has 0 atom stereocenters. The first kappa shape index (κ1) is 20.5. The third-order valence-corrected chi connectivity index (χ3v) is 6.18. The van der Waals surface area contributed by atoms with Crippen LogP contribution in [0.5, 0.6) is 0 Å². The van der Waals surface area contributed by atoms with Crippen molar-refractivity contribution in [2.24, 2.45) is 21.6 Å². The predicted octanol–water partition coefficient (Wildman–Crippen LogP) is 4.48. The third-order valence-electron chi connectivity index (χ3n) is 6.18. The van der Waals surface area contributed by atoms with E-state index in [0.717, 1.165) is 47.8 Å². The highest BCUT2D eigenvalue weighted by molar-refractivity contribution is 6.11. The van der Waals surface area contributed by atoms with Crippen molar-refractivity contribution in [3.63, 3.8) is 0 Å². The van der Waals surface area contributed by atoms with Crippen LogP contribution < -0.4 is 11.1 Å². The Hall–Kier alpha value is -3.41. The molecule has 2 heterocycles. The second kappa shape index (κ2) is 8.61. The van der Waals surface area contributed by atoms with Crippen molar-refractivity contribution < 1.29 is 4.79 Å². The first-order valence-electron chi connectivity index (χ1n) is 11.5. The molecular weight excluding hydrogens is 398 g/mol. The highest BCUT2D eigenvalue weighted by Gasteiger charge is 2.28. The number of nitrogens with one attached hydrogen (secondary N) is 1. The second-order valence-corrected chi connectivity index (χ2v) is 8.86. The Morgan fingerprint density at radius 1 is 1.22 bits per heavy atom. The summed E-state index contributed by atoms with van der Waals surface area (Å²) in [6.45, 7) is 4.39. The van der Waals surface area contributed by atoms with Crippen molar-refractivity contribution in [2.75, 3.05) is 18.4 Å². The topological polar surface area (TPSA) is 83.1 Å². The van der Waals surface area contributed by atoms with Crippen LogP contribution in [0.4, 0.5) is 11.4 Å². The molecule has 1 aliphatic carbocycles. The fourth-order valence-corrected chi connectivity index (χ4v) is 4.31.